The summed E-state index contributed by atoms with van der Waals surface area (Å²) in [5, 5.41) is 4.32. The summed E-state index contributed by atoms with van der Waals surface area (Å²) in [5.74, 6) is 1.17. The Bertz CT molecular complexity index is 1060. The predicted octanol–water partition coefficient (Wildman–Crippen LogP) is 4.93. The monoisotopic (exact) mass is 405 g/mol. The highest BCUT2D eigenvalue weighted by Gasteiger charge is 2.22. The number of nitrogens with one attached hydrogen (secondary N) is 1. The van der Waals surface area contributed by atoms with Crippen LogP contribution >= 0.6 is 0 Å². The van der Waals surface area contributed by atoms with Gasteiger partial charge in [-0.1, -0.05) is 17.7 Å². The van der Waals surface area contributed by atoms with Gasteiger partial charge in [0.1, 0.15) is 5.69 Å². The van der Waals surface area contributed by atoms with Gasteiger partial charge >= 0.3 is 0 Å². The summed E-state index contributed by atoms with van der Waals surface area (Å²) in [4.78, 5) is 19.7. The number of amides is 1. The number of benzene rings is 2. The van der Waals surface area contributed by atoms with Crippen molar-refractivity contribution in [2.75, 3.05) is 32.6 Å². The lowest BCUT2D eigenvalue weighted by Crippen LogP contribution is -2.36. The fourth-order valence-electron chi connectivity index (χ4n) is 3.82. The van der Waals surface area contributed by atoms with Crippen molar-refractivity contribution in [2.24, 2.45) is 0 Å². The molecule has 1 saturated heterocycles. The molecule has 1 aromatic heterocycles. The summed E-state index contributed by atoms with van der Waals surface area (Å²) in [6, 6.07) is 13.7. The highest BCUT2D eigenvalue weighted by Crippen LogP contribution is 2.36. The van der Waals surface area contributed by atoms with Gasteiger partial charge in [-0.2, -0.15) is 0 Å². The molecule has 0 atom stereocenters. The van der Waals surface area contributed by atoms with Crippen LogP contribution in [0.25, 0.3) is 10.9 Å². The van der Waals surface area contributed by atoms with Crippen molar-refractivity contribution in [1.82, 2.24) is 9.88 Å². The number of ether oxygens (including phenoxy) is 2. The number of aryl methyl sites for hydroxylation is 1. The second kappa shape index (κ2) is 8.61. The van der Waals surface area contributed by atoms with E-state index >= 15 is 0 Å². The maximum atomic E-state index is 13.2. The first-order chi connectivity index (χ1) is 14.6. The van der Waals surface area contributed by atoms with Crippen LogP contribution in [0.2, 0.25) is 0 Å². The minimum absolute atomic E-state index is 0.0293. The van der Waals surface area contributed by atoms with E-state index in [-0.39, 0.29) is 5.91 Å². The van der Waals surface area contributed by atoms with Crippen molar-refractivity contribution in [3.8, 4) is 11.5 Å². The number of pyridine rings is 1. The third-order valence-corrected chi connectivity index (χ3v) is 5.51. The fraction of sp³-hybridized carbons (Fsp3) is 0.333. The summed E-state index contributed by atoms with van der Waals surface area (Å²) in [6.45, 7) is 3.62. The Balaban J connectivity index is 1.82. The number of methoxy groups -OCH3 is 2. The van der Waals surface area contributed by atoms with E-state index in [2.05, 4.69) is 29.4 Å². The maximum absolute atomic E-state index is 13.2. The molecule has 6 heteroatoms. The zero-order valence-electron chi connectivity index (χ0n) is 17.7. The standard InChI is InChI=1S/C24H27N3O3/c1-16-7-9-17(10-8-16)25-19-14-21(24(28)27-11-5-4-6-12-27)26-20-15-23(30-3)22(29-2)13-18(19)20/h7-10,13-15H,4-6,11-12H2,1-3H3,(H,25,26). The average molecular weight is 405 g/mol. The predicted molar refractivity (Wildman–Crippen MR) is 119 cm³/mol. The Morgan fingerprint density at radius 1 is 0.967 bits per heavy atom. The number of likely N-dealkylation sites (tertiary alicyclic amines) is 1. The molecule has 0 radical (unpaired) electrons. The molecule has 1 aliphatic heterocycles. The molecule has 1 aliphatic rings. The van der Waals surface area contributed by atoms with Gasteiger partial charge in [0.2, 0.25) is 0 Å². The van der Waals surface area contributed by atoms with Gasteiger partial charge in [0.15, 0.2) is 11.5 Å². The molecule has 30 heavy (non-hydrogen) atoms. The molecule has 6 nitrogen and oxygen atoms in total. The van der Waals surface area contributed by atoms with Crippen LogP contribution in [0.1, 0.15) is 35.3 Å². The maximum Gasteiger partial charge on any atom is 0.272 e. The molecule has 0 unspecified atom stereocenters. The molecule has 4 rings (SSSR count). The van der Waals surface area contributed by atoms with Gasteiger partial charge < -0.3 is 19.7 Å². The number of nitrogens with zero attached hydrogens (tertiary/aromatic N) is 2. The van der Waals surface area contributed by atoms with Crippen LogP contribution in [-0.2, 0) is 0 Å². The quantitative estimate of drug-likeness (QED) is 0.652. The van der Waals surface area contributed by atoms with Crippen molar-refractivity contribution in [3.63, 3.8) is 0 Å². The van der Waals surface area contributed by atoms with Gasteiger partial charge in [-0.05, 0) is 50.5 Å². The zero-order chi connectivity index (χ0) is 21.1. The van der Waals surface area contributed by atoms with E-state index in [0.29, 0.717) is 22.7 Å². The van der Waals surface area contributed by atoms with E-state index < -0.39 is 0 Å². The number of hydrogen-bond donors (Lipinski definition) is 1. The fourth-order valence-corrected chi connectivity index (χ4v) is 3.82. The lowest BCUT2D eigenvalue weighted by molar-refractivity contribution is 0.0719. The third kappa shape index (κ3) is 4.03. The molecule has 156 valence electrons. The van der Waals surface area contributed by atoms with Crippen LogP contribution in [0.15, 0.2) is 42.5 Å². The van der Waals surface area contributed by atoms with E-state index in [4.69, 9.17) is 9.47 Å². The molecule has 2 aromatic carbocycles. The van der Waals surface area contributed by atoms with Gasteiger partial charge in [0.25, 0.3) is 5.91 Å². The van der Waals surface area contributed by atoms with Crippen molar-refractivity contribution >= 4 is 28.2 Å². The minimum atomic E-state index is -0.0293. The van der Waals surface area contributed by atoms with Crippen molar-refractivity contribution in [1.29, 1.82) is 0 Å². The molecule has 0 bridgehead atoms. The van der Waals surface area contributed by atoms with Crippen LogP contribution < -0.4 is 14.8 Å². The smallest absolute Gasteiger partial charge is 0.272 e. The molecule has 1 amide bonds. The molecule has 0 spiro atoms. The van der Waals surface area contributed by atoms with Crippen LogP contribution in [0.4, 0.5) is 11.4 Å². The molecular formula is C24H27N3O3. The molecule has 1 fully saturated rings. The first-order valence-electron chi connectivity index (χ1n) is 10.3. The Labute approximate surface area is 176 Å². The number of fused-ring (bicyclic) bond motifs is 1. The number of anilines is 2. The number of aromatic nitrogens is 1. The molecule has 0 aliphatic carbocycles. The lowest BCUT2D eigenvalue weighted by Gasteiger charge is -2.26. The van der Waals surface area contributed by atoms with Crippen LogP contribution in [0.5, 0.6) is 11.5 Å². The van der Waals surface area contributed by atoms with Gasteiger partial charge in [-0.3, -0.25) is 4.79 Å². The van der Waals surface area contributed by atoms with Gasteiger partial charge in [0.05, 0.1) is 25.4 Å². The number of rotatable bonds is 5. The Morgan fingerprint density at radius 3 is 2.30 bits per heavy atom. The second-order valence-corrected chi connectivity index (χ2v) is 7.62. The van der Waals surface area contributed by atoms with Gasteiger partial charge in [-0.15, -0.1) is 0 Å². The number of hydrogen-bond acceptors (Lipinski definition) is 5. The Morgan fingerprint density at radius 2 is 1.63 bits per heavy atom. The van der Waals surface area contributed by atoms with E-state index in [1.807, 2.05) is 35.2 Å². The van der Waals surface area contributed by atoms with Crippen molar-refractivity contribution in [2.45, 2.75) is 26.2 Å². The van der Waals surface area contributed by atoms with Gasteiger partial charge in [-0.25, -0.2) is 4.98 Å². The summed E-state index contributed by atoms with van der Waals surface area (Å²) in [7, 11) is 3.20. The Hall–Kier alpha value is -3.28. The first kappa shape index (κ1) is 20.0. The lowest BCUT2D eigenvalue weighted by atomic mass is 10.1. The van der Waals surface area contributed by atoms with E-state index in [1.165, 1.54) is 12.0 Å². The average Bonchev–Trinajstić information content (AvgIpc) is 2.79. The normalized spacial score (nSPS) is 13.9. The zero-order valence-corrected chi connectivity index (χ0v) is 17.7. The highest BCUT2D eigenvalue weighted by atomic mass is 16.5. The summed E-state index contributed by atoms with van der Waals surface area (Å²) >= 11 is 0. The molecule has 2 heterocycles. The first-order valence-corrected chi connectivity index (χ1v) is 10.3. The molecule has 3 aromatic rings. The summed E-state index contributed by atoms with van der Waals surface area (Å²) in [6.07, 6.45) is 3.25. The summed E-state index contributed by atoms with van der Waals surface area (Å²) in [5.41, 5.74) is 4.06. The number of carbonyl (C=O) groups is 1. The van der Waals surface area contributed by atoms with Crippen LogP contribution in [0.3, 0.4) is 0 Å². The SMILES string of the molecule is COc1cc2nc(C(=O)N3CCCCC3)cc(Nc3ccc(C)cc3)c2cc1OC. The highest BCUT2D eigenvalue weighted by molar-refractivity contribution is 6.01. The summed E-state index contributed by atoms with van der Waals surface area (Å²) < 4.78 is 10.9. The van der Waals surface area contributed by atoms with Crippen LogP contribution in [0, 0.1) is 6.92 Å². The topological polar surface area (TPSA) is 63.7 Å². The number of piperidine rings is 1. The van der Waals surface area contributed by atoms with Crippen LogP contribution in [-0.4, -0.2) is 43.1 Å². The number of carbonyl (C=O) groups excluding carboxylic acids is 1. The largest absolute Gasteiger partial charge is 0.493 e. The second-order valence-electron chi connectivity index (χ2n) is 7.62. The van der Waals surface area contributed by atoms with E-state index in [9.17, 15) is 4.79 Å². The minimum Gasteiger partial charge on any atom is -0.493 e. The third-order valence-electron chi connectivity index (χ3n) is 5.51. The van der Waals surface area contributed by atoms with Gasteiger partial charge in [0, 0.05) is 30.2 Å². The van der Waals surface area contributed by atoms with Crippen molar-refractivity contribution in [3.05, 3.63) is 53.7 Å². The van der Waals surface area contributed by atoms with E-state index in [0.717, 1.165) is 42.7 Å². The molecule has 1 N–H and O–H groups in total. The molecular weight excluding hydrogens is 378 g/mol. The molecule has 0 saturated carbocycles. The van der Waals surface area contributed by atoms with E-state index in [1.54, 1.807) is 14.2 Å². The Kier molecular flexibility index (Phi) is 5.74. The van der Waals surface area contributed by atoms with Crippen molar-refractivity contribution < 1.29 is 14.3 Å².